The van der Waals surface area contributed by atoms with Gasteiger partial charge < -0.3 is 4.74 Å². The van der Waals surface area contributed by atoms with Gasteiger partial charge in [0.15, 0.2) is 0 Å². The van der Waals surface area contributed by atoms with Gasteiger partial charge in [0.1, 0.15) is 11.8 Å². The second kappa shape index (κ2) is 5.97. The fourth-order valence-corrected chi connectivity index (χ4v) is 2.59. The van der Waals surface area contributed by atoms with Crippen molar-refractivity contribution in [1.29, 1.82) is 0 Å². The van der Waals surface area contributed by atoms with E-state index in [0.29, 0.717) is 13.0 Å². The van der Waals surface area contributed by atoms with Crippen LogP contribution in [0.15, 0.2) is 30.3 Å². The van der Waals surface area contributed by atoms with Crippen LogP contribution >= 0.6 is 0 Å². The number of piperidine rings is 1. The predicted octanol–water partition coefficient (Wildman–Crippen LogP) is 1.95. The molecule has 2 rings (SSSR count). The van der Waals surface area contributed by atoms with Gasteiger partial charge in [-0.15, -0.1) is 0 Å². The fourth-order valence-electron chi connectivity index (χ4n) is 2.59. The smallest absolute Gasteiger partial charge is 0.323 e. The maximum atomic E-state index is 11.8. The SMILES string of the molecule is COC(=O)[C@@H]1CC(=O)CCN1[C@@H](C)c1ccccc1. The van der Waals surface area contributed by atoms with E-state index in [1.807, 2.05) is 30.3 Å². The van der Waals surface area contributed by atoms with Crippen LogP contribution in [0.3, 0.4) is 0 Å². The number of carbonyl (C=O) groups is 2. The van der Waals surface area contributed by atoms with Crippen LogP contribution < -0.4 is 0 Å². The van der Waals surface area contributed by atoms with E-state index >= 15 is 0 Å². The number of methoxy groups -OCH3 is 1. The number of hydrogen-bond donors (Lipinski definition) is 0. The molecule has 1 fully saturated rings. The maximum absolute atomic E-state index is 11.8. The summed E-state index contributed by atoms with van der Waals surface area (Å²) >= 11 is 0. The van der Waals surface area contributed by atoms with Gasteiger partial charge in [-0.1, -0.05) is 30.3 Å². The largest absolute Gasteiger partial charge is 0.468 e. The minimum atomic E-state index is -0.457. The maximum Gasteiger partial charge on any atom is 0.323 e. The molecule has 1 aromatic carbocycles. The fraction of sp³-hybridized carbons (Fsp3) is 0.467. The molecule has 19 heavy (non-hydrogen) atoms. The van der Waals surface area contributed by atoms with E-state index in [1.165, 1.54) is 7.11 Å². The van der Waals surface area contributed by atoms with Gasteiger partial charge in [0.25, 0.3) is 0 Å². The zero-order valence-electron chi connectivity index (χ0n) is 11.3. The number of esters is 1. The summed E-state index contributed by atoms with van der Waals surface area (Å²) in [5, 5.41) is 0. The summed E-state index contributed by atoms with van der Waals surface area (Å²) in [7, 11) is 1.37. The van der Waals surface area contributed by atoms with E-state index in [1.54, 1.807) is 0 Å². The highest BCUT2D eigenvalue weighted by atomic mass is 16.5. The van der Waals surface area contributed by atoms with Gasteiger partial charge in [-0.25, -0.2) is 0 Å². The van der Waals surface area contributed by atoms with E-state index in [4.69, 9.17) is 4.74 Å². The molecule has 1 aromatic rings. The molecule has 0 aliphatic carbocycles. The van der Waals surface area contributed by atoms with E-state index in [-0.39, 0.29) is 24.2 Å². The summed E-state index contributed by atoms with van der Waals surface area (Å²) in [6.07, 6.45) is 0.758. The van der Waals surface area contributed by atoms with Crippen LogP contribution in [-0.2, 0) is 14.3 Å². The monoisotopic (exact) mass is 261 g/mol. The number of ether oxygens (including phenoxy) is 1. The molecular weight excluding hydrogens is 242 g/mol. The first-order valence-electron chi connectivity index (χ1n) is 6.53. The number of Topliss-reactive ketones (excluding diaryl/α,β-unsaturated/α-hetero) is 1. The topological polar surface area (TPSA) is 46.6 Å². The lowest BCUT2D eigenvalue weighted by atomic mass is 9.96. The zero-order chi connectivity index (χ0) is 13.8. The zero-order valence-corrected chi connectivity index (χ0v) is 11.3. The third-order valence-electron chi connectivity index (χ3n) is 3.72. The van der Waals surface area contributed by atoms with E-state index in [9.17, 15) is 9.59 Å². The molecule has 0 radical (unpaired) electrons. The van der Waals surface area contributed by atoms with Crippen molar-refractivity contribution in [3.05, 3.63) is 35.9 Å². The molecule has 0 amide bonds. The Morgan fingerprint density at radius 2 is 2.05 bits per heavy atom. The van der Waals surface area contributed by atoms with E-state index < -0.39 is 6.04 Å². The molecule has 1 aliphatic rings. The van der Waals surface area contributed by atoms with Crippen molar-refractivity contribution >= 4 is 11.8 Å². The third-order valence-corrected chi connectivity index (χ3v) is 3.72. The van der Waals surface area contributed by atoms with Gasteiger partial charge in [0.05, 0.1) is 7.11 Å². The van der Waals surface area contributed by atoms with Crippen LogP contribution in [0.25, 0.3) is 0 Å². The summed E-state index contributed by atoms with van der Waals surface area (Å²) in [5.74, 6) is -0.192. The highest BCUT2D eigenvalue weighted by molar-refractivity contribution is 5.87. The standard InChI is InChI=1S/C15H19NO3/c1-11(12-6-4-3-5-7-12)16-9-8-13(17)10-14(16)15(18)19-2/h3-7,11,14H,8-10H2,1-2H3/t11-,14-/m0/s1. The van der Waals surface area contributed by atoms with Gasteiger partial charge in [-0.05, 0) is 12.5 Å². The Kier molecular flexibility index (Phi) is 4.32. The molecule has 102 valence electrons. The van der Waals surface area contributed by atoms with Crippen molar-refractivity contribution in [2.24, 2.45) is 0 Å². The predicted molar refractivity (Wildman–Crippen MR) is 71.6 cm³/mol. The number of hydrogen-bond acceptors (Lipinski definition) is 4. The second-order valence-electron chi connectivity index (χ2n) is 4.86. The molecular formula is C15H19NO3. The minimum Gasteiger partial charge on any atom is -0.468 e. The van der Waals surface area contributed by atoms with Crippen LogP contribution in [0, 0.1) is 0 Å². The van der Waals surface area contributed by atoms with E-state index in [2.05, 4.69) is 11.8 Å². The number of carbonyl (C=O) groups excluding carboxylic acids is 2. The number of benzene rings is 1. The Hall–Kier alpha value is -1.68. The first-order chi connectivity index (χ1) is 9.13. The molecule has 1 saturated heterocycles. The normalized spacial score (nSPS) is 22.0. The first kappa shape index (κ1) is 13.7. The highest BCUT2D eigenvalue weighted by Gasteiger charge is 2.36. The quantitative estimate of drug-likeness (QED) is 0.780. The molecule has 1 heterocycles. The minimum absolute atomic E-state index is 0.0957. The summed E-state index contributed by atoms with van der Waals surface area (Å²) in [4.78, 5) is 25.5. The number of ketones is 1. The van der Waals surface area contributed by atoms with Gasteiger partial charge in [0, 0.05) is 25.4 Å². The first-order valence-corrected chi connectivity index (χ1v) is 6.53. The average Bonchev–Trinajstić information content (AvgIpc) is 2.46. The van der Waals surface area contributed by atoms with Crippen LogP contribution in [0.2, 0.25) is 0 Å². The van der Waals surface area contributed by atoms with Crippen molar-refractivity contribution in [3.63, 3.8) is 0 Å². The summed E-state index contributed by atoms with van der Waals surface area (Å²) in [6.45, 7) is 2.66. The molecule has 1 aliphatic heterocycles. The van der Waals surface area contributed by atoms with Crippen molar-refractivity contribution in [3.8, 4) is 0 Å². The summed E-state index contributed by atoms with van der Waals surface area (Å²) in [5.41, 5.74) is 1.14. The summed E-state index contributed by atoms with van der Waals surface area (Å²) < 4.78 is 4.82. The Balaban J connectivity index is 2.20. The van der Waals surface area contributed by atoms with Crippen LogP contribution in [0.5, 0.6) is 0 Å². The van der Waals surface area contributed by atoms with Crippen LogP contribution in [-0.4, -0.2) is 36.3 Å². The van der Waals surface area contributed by atoms with Crippen molar-refractivity contribution in [2.75, 3.05) is 13.7 Å². The molecule has 0 saturated carbocycles. The van der Waals surface area contributed by atoms with Crippen LogP contribution in [0.1, 0.15) is 31.4 Å². The number of likely N-dealkylation sites (tertiary alicyclic amines) is 1. The Labute approximate surface area is 113 Å². The molecule has 0 bridgehead atoms. The van der Waals surface area contributed by atoms with Crippen molar-refractivity contribution in [1.82, 2.24) is 4.90 Å². The Morgan fingerprint density at radius 1 is 1.37 bits per heavy atom. The lowest BCUT2D eigenvalue weighted by molar-refractivity contribution is -0.152. The van der Waals surface area contributed by atoms with Gasteiger partial charge in [0.2, 0.25) is 0 Å². The Morgan fingerprint density at radius 3 is 2.68 bits per heavy atom. The molecule has 0 N–H and O–H groups in total. The molecule has 4 heteroatoms. The molecule has 0 spiro atoms. The highest BCUT2D eigenvalue weighted by Crippen LogP contribution is 2.27. The lowest BCUT2D eigenvalue weighted by Crippen LogP contribution is -2.48. The molecule has 0 unspecified atom stereocenters. The van der Waals surface area contributed by atoms with Crippen LogP contribution in [0.4, 0.5) is 0 Å². The number of nitrogens with zero attached hydrogens (tertiary/aromatic N) is 1. The Bertz CT molecular complexity index is 458. The van der Waals surface area contributed by atoms with Gasteiger partial charge >= 0.3 is 5.97 Å². The summed E-state index contributed by atoms with van der Waals surface area (Å²) in [6, 6.07) is 9.64. The molecule has 0 aromatic heterocycles. The van der Waals surface area contributed by atoms with Gasteiger partial charge in [-0.2, -0.15) is 0 Å². The van der Waals surface area contributed by atoms with Crippen molar-refractivity contribution in [2.45, 2.75) is 31.8 Å². The van der Waals surface area contributed by atoms with E-state index in [0.717, 1.165) is 5.56 Å². The lowest BCUT2D eigenvalue weighted by Gasteiger charge is -2.37. The second-order valence-corrected chi connectivity index (χ2v) is 4.86. The molecule has 4 nitrogen and oxygen atoms in total. The molecule has 2 atom stereocenters. The average molecular weight is 261 g/mol. The third kappa shape index (κ3) is 3.01. The number of rotatable bonds is 3. The van der Waals surface area contributed by atoms with Gasteiger partial charge in [-0.3, -0.25) is 14.5 Å². The van der Waals surface area contributed by atoms with Crippen molar-refractivity contribution < 1.29 is 14.3 Å².